The van der Waals surface area contributed by atoms with Crippen molar-refractivity contribution < 1.29 is 4.74 Å². The van der Waals surface area contributed by atoms with Crippen LogP contribution in [0.4, 0.5) is 0 Å². The average Bonchev–Trinajstić information content (AvgIpc) is 2.39. The fraction of sp³-hybridized carbons (Fsp3) is 0.625. The van der Waals surface area contributed by atoms with Gasteiger partial charge in [0.25, 0.3) is 0 Å². The molecule has 1 atom stereocenters. The van der Waals surface area contributed by atoms with Crippen LogP contribution in [0.3, 0.4) is 0 Å². The van der Waals surface area contributed by atoms with Gasteiger partial charge in [0.2, 0.25) is 0 Å². The third-order valence-corrected chi connectivity index (χ3v) is 4.03. The van der Waals surface area contributed by atoms with Gasteiger partial charge in [0, 0.05) is 11.6 Å². The molecule has 0 radical (unpaired) electrons. The second kappa shape index (κ2) is 9.27. The molecule has 3 heteroatoms. The highest BCUT2D eigenvalue weighted by Gasteiger charge is 2.10. The number of aryl methyl sites for hydroxylation is 1. The Morgan fingerprint density at radius 1 is 1.32 bits per heavy atom. The third kappa shape index (κ3) is 5.87. The van der Waals surface area contributed by atoms with E-state index in [9.17, 15) is 0 Å². The van der Waals surface area contributed by atoms with E-state index in [2.05, 4.69) is 51.2 Å². The third-order valence-electron chi connectivity index (χ3n) is 3.04. The van der Waals surface area contributed by atoms with Crippen LogP contribution in [0.15, 0.2) is 18.2 Å². The number of thioether (sulfide) groups is 1. The van der Waals surface area contributed by atoms with Gasteiger partial charge in [0.05, 0.1) is 6.61 Å². The number of hydrogen-bond acceptors (Lipinski definition) is 3. The van der Waals surface area contributed by atoms with Crippen LogP contribution in [0, 0.1) is 6.92 Å². The van der Waals surface area contributed by atoms with Gasteiger partial charge in [0.15, 0.2) is 0 Å². The van der Waals surface area contributed by atoms with Crippen molar-refractivity contribution in [1.82, 2.24) is 5.32 Å². The minimum atomic E-state index is 0.339. The SMILES string of the molecule is CCNC(C)c1ccc(C)cc1OCCCSCC. The van der Waals surface area contributed by atoms with Gasteiger partial charge in [-0.05, 0) is 49.9 Å². The predicted octanol–water partition coefficient (Wildman–Crippen LogP) is 4.19. The van der Waals surface area contributed by atoms with Crippen LogP contribution in [-0.2, 0) is 0 Å². The normalized spacial score (nSPS) is 12.4. The molecule has 0 aromatic heterocycles. The molecular weight excluding hydrogens is 254 g/mol. The van der Waals surface area contributed by atoms with E-state index in [1.165, 1.54) is 22.6 Å². The summed E-state index contributed by atoms with van der Waals surface area (Å²) in [6.07, 6.45) is 1.11. The Labute approximate surface area is 122 Å². The lowest BCUT2D eigenvalue weighted by atomic mass is 10.0. The molecule has 0 spiro atoms. The van der Waals surface area contributed by atoms with E-state index in [0.29, 0.717) is 6.04 Å². The molecule has 108 valence electrons. The summed E-state index contributed by atoms with van der Waals surface area (Å²) in [6.45, 7) is 10.4. The Hall–Kier alpha value is -0.670. The van der Waals surface area contributed by atoms with Crippen LogP contribution in [0.5, 0.6) is 5.75 Å². The topological polar surface area (TPSA) is 21.3 Å². The Morgan fingerprint density at radius 3 is 2.79 bits per heavy atom. The molecule has 0 heterocycles. The summed E-state index contributed by atoms with van der Waals surface area (Å²) >= 11 is 1.97. The monoisotopic (exact) mass is 281 g/mol. The highest BCUT2D eigenvalue weighted by molar-refractivity contribution is 7.99. The van der Waals surface area contributed by atoms with E-state index in [-0.39, 0.29) is 0 Å². The molecule has 1 N–H and O–H groups in total. The lowest BCUT2D eigenvalue weighted by molar-refractivity contribution is 0.312. The Morgan fingerprint density at radius 2 is 2.11 bits per heavy atom. The van der Waals surface area contributed by atoms with Gasteiger partial charge in [-0.1, -0.05) is 26.0 Å². The zero-order chi connectivity index (χ0) is 14.1. The standard InChI is InChI=1S/C16H27NOS/c1-5-17-14(4)15-9-8-13(3)12-16(15)18-10-7-11-19-6-2/h8-9,12,14,17H,5-7,10-11H2,1-4H3. The first kappa shape index (κ1) is 16.4. The van der Waals surface area contributed by atoms with Crippen molar-refractivity contribution in [3.05, 3.63) is 29.3 Å². The Kier molecular flexibility index (Phi) is 7.99. The molecule has 0 bridgehead atoms. The molecule has 1 aromatic rings. The summed E-state index contributed by atoms with van der Waals surface area (Å²) < 4.78 is 5.98. The maximum absolute atomic E-state index is 5.98. The van der Waals surface area contributed by atoms with E-state index in [1.54, 1.807) is 0 Å². The van der Waals surface area contributed by atoms with E-state index in [0.717, 1.165) is 25.3 Å². The fourth-order valence-corrected chi connectivity index (χ4v) is 2.64. The van der Waals surface area contributed by atoms with Gasteiger partial charge in [-0.3, -0.25) is 0 Å². The van der Waals surface area contributed by atoms with E-state index < -0.39 is 0 Å². The summed E-state index contributed by atoms with van der Waals surface area (Å²) in [5, 5.41) is 3.45. The summed E-state index contributed by atoms with van der Waals surface area (Å²) in [4.78, 5) is 0. The Balaban J connectivity index is 2.61. The minimum Gasteiger partial charge on any atom is -0.493 e. The van der Waals surface area contributed by atoms with Crippen molar-refractivity contribution in [3.63, 3.8) is 0 Å². The van der Waals surface area contributed by atoms with Crippen LogP contribution in [-0.4, -0.2) is 24.7 Å². The van der Waals surface area contributed by atoms with Crippen LogP contribution >= 0.6 is 11.8 Å². The summed E-state index contributed by atoms with van der Waals surface area (Å²) in [6, 6.07) is 6.82. The molecule has 0 amide bonds. The van der Waals surface area contributed by atoms with E-state index in [4.69, 9.17) is 4.74 Å². The fourth-order valence-electron chi connectivity index (χ4n) is 2.03. The number of benzene rings is 1. The molecule has 0 saturated carbocycles. The molecule has 1 rings (SSSR count). The number of nitrogens with one attached hydrogen (secondary N) is 1. The summed E-state index contributed by atoms with van der Waals surface area (Å²) in [7, 11) is 0. The molecular formula is C16H27NOS. The molecule has 1 aromatic carbocycles. The number of hydrogen-bond donors (Lipinski definition) is 1. The summed E-state index contributed by atoms with van der Waals surface area (Å²) in [5.74, 6) is 3.41. The summed E-state index contributed by atoms with van der Waals surface area (Å²) in [5.41, 5.74) is 2.51. The van der Waals surface area contributed by atoms with E-state index in [1.807, 2.05) is 11.8 Å². The second-order valence-corrected chi connectivity index (χ2v) is 6.11. The maximum Gasteiger partial charge on any atom is 0.124 e. The zero-order valence-electron chi connectivity index (χ0n) is 12.7. The average molecular weight is 281 g/mol. The van der Waals surface area contributed by atoms with Gasteiger partial charge in [0.1, 0.15) is 5.75 Å². The van der Waals surface area contributed by atoms with Gasteiger partial charge in [-0.2, -0.15) is 11.8 Å². The molecule has 1 unspecified atom stereocenters. The molecule has 2 nitrogen and oxygen atoms in total. The second-order valence-electron chi connectivity index (χ2n) is 4.72. The molecule has 19 heavy (non-hydrogen) atoms. The van der Waals surface area contributed by atoms with E-state index >= 15 is 0 Å². The quantitative estimate of drug-likeness (QED) is 0.686. The smallest absolute Gasteiger partial charge is 0.124 e. The van der Waals surface area contributed by atoms with Crippen molar-refractivity contribution in [2.24, 2.45) is 0 Å². The molecule has 0 saturated heterocycles. The van der Waals surface area contributed by atoms with Gasteiger partial charge in [-0.25, -0.2) is 0 Å². The molecule has 0 fully saturated rings. The lowest BCUT2D eigenvalue weighted by Gasteiger charge is -2.18. The van der Waals surface area contributed by atoms with Crippen molar-refractivity contribution in [2.45, 2.75) is 40.2 Å². The van der Waals surface area contributed by atoms with Crippen LogP contribution in [0.25, 0.3) is 0 Å². The molecule has 0 aliphatic carbocycles. The van der Waals surface area contributed by atoms with Crippen molar-refractivity contribution in [1.29, 1.82) is 0 Å². The first-order valence-corrected chi connectivity index (χ1v) is 8.39. The molecule has 0 aliphatic rings. The van der Waals surface area contributed by atoms with Gasteiger partial charge >= 0.3 is 0 Å². The highest BCUT2D eigenvalue weighted by Crippen LogP contribution is 2.26. The maximum atomic E-state index is 5.98. The van der Waals surface area contributed by atoms with Crippen molar-refractivity contribution in [2.75, 3.05) is 24.7 Å². The Bertz CT molecular complexity index is 368. The van der Waals surface area contributed by atoms with Crippen LogP contribution in [0.1, 0.15) is 44.4 Å². The minimum absolute atomic E-state index is 0.339. The predicted molar refractivity (Wildman–Crippen MR) is 86.4 cm³/mol. The van der Waals surface area contributed by atoms with Crippen molar-refractivity contribution in [3.8, 4) is 5.75 Å². The number of rotatable bonds is 9. The number of ether oxygens (including phenoxy) is 1. The first-order valence-electron chi connectivity index (χ1n) is 7.23. The first-order chi connectivity index (χ1) is 9.19. The van der Waals surface area contributed by atoms with Gasteiger partial charge < -0.3 is 10.1 Å². The van der Waals surface area contributed by atoms with Crippen LogP contribution in [0.2, 0.25) is 0 Å². The van der Waals surface area contributed by atoms with Crippen molar-refractivity contribution >= 4 is 11.8 Å². The lowest BCUT2D eigenvalue weighted by Crippen LogP contribution is -2.18. The zero-order valence-corrected chi connectivity index (χ0v) is 13.5. The molecule has 0 aliphatic heterocycles. The van der Waals surface area contributed by atoms with Gasteiger partial charge in [-0.15, -0.1) is 0 Å². The highest BCUT2D eigenvalue weighted by atomic mass is 32.2. The van der Waals surface area contributed by atoms with Crippen LogP contribution < -0.4 is 10.1 Å². The largest absolute Gasteiger partial charge is 0.493 e.